The van der Waals surface area contributed by atoms with Gasteiger partial charge in [0, 0.05) is 0 Å². The van der Waals surface area contributed by atoms with Crippen molar-refractivity contribution in [2.45, 2.75) is 25.7 Å². The van der Waals surface area contributed by atoms with Gasteiger partial charge in [0.25, 0.3) is 0 Å². The summed E-state index contributed by atoms with van der Waals surface area (Å²) in [4.78, 5) is 0. The van der Waals surface area contributed by atoms with Gasteiger partial charge < -0.3 is 0 Å². The predicted octanol–water partition coefficient (Wildman–Crippen LogP) is 0.359. The van der Waals surface area contributed by atoms with E-state index in [0.717, 1.165) is 12.8 Å². The van der Waals surface area contributed by atoms with Crippen molar-refractivity contribution in [2.75, 3.05) is 5.75 Å². The van der Waals surface area contributed by atoms with Gasteiger partial charge in [-0.1, -0.05) is 12.8 Å². The van der Waals surface area contributed by atoms with E-state index < -0.39 is 15.4 Å². The fraction of sp³-hybridized carbons (Fsp3) is 0.857. The molecule has 0 heterocycles. The van der Waals surface area contributed by atoms with E-state index >= 15 is 0 Å². The molecule has 5 heteroatoms. The van der Waals surface area contributed by atoms with Crippen molar-refractivity contribution in [1.29, 1.82) is 5.26 Å². The molecule has 1 fully saturated rings. The Labute approximate surface area is 72.4 Å². The number of rotatable bonds is 2. The largest absolute Gasteiger partial charge is 0.229 e. The second-order valence-corrected chi connectivity index (χ2v) is 5.02. The van der Waals surface area contributed by atoms with Crippen LogP contribution in [-0.4, -0.2) is 14.2 Å². The van der Waals surface area contributed by atoms with Crippen molar-refractivity contribution in [3.05, 3.63) is 0 Å². The molecule has 0 aromatic carbocycles. The third-order valence-corrected chi connectivity index (χ3v) is 3.23. The van der Waals surface area contributed by atoms with Crippen molar-refractivity contribution in [2.24, 2.45) is 10.6 Å². The quantitative estimate of drug-likeness (QED) is 0.679. The average molecular weight is 188 g/mol. The summed E-state index contributed by atoms with van der Waals surface area (Å²) in [6, 6.07) is 2.07. The smallest absolute Gasteiger partial charge is 0.210 e. The van der Waals surface area contributed by atoms with E-state index in [1.54, 1.807) is 0 Å². The highest BCUT2D eigenvalue weighted by molar-refractivity contribution is 7.89. The molecule has 0 bridgehead atoms. The highest BCUT2D eigenvalue weighted by Gasteiger charge is 2.37. The second-order valence-electron chi connectivity index (χ2n) is 3.41. The van der Waals surface area contributed by atoms with Crippen molar-refractivity contribution in [1.82, 2.24) is 0 Å². The van der Waals surface area contributed by atoms with Crippen LogP contribution in [-0.2, 0) is 10.0 Å². The Morgan fingerprint density at radius 2 is 1.92 bits per heavy atom. The monoisotopic (exact) mass is 188 g/mol. The Kier molecular flexibility index (Phi) is 2.40. The molecular formula is C7H12N2O2S. The Hall–Kier alpha value is -0.600. The molecule has 4 nitrogen and oxygen atoms in total. The van der Waals surface area contributed by atoms with Gasteiger partial charge in [-0.2, -0.15) is 5.26 Å². The zero-order valence-corrected chi connectivity index (χ0v) is 7.60. The SMILES string of the molecule is N#CC1(CS(N)(=O)=O)CCCC1. The molecule has 0 radical (unpaired) electrons. The van der Waals surface area contributed by atoms with Gasteiger partial charge in [-0.05, 0) is 12.8 Å². The number of nitrogens with zero attached hydrogens (tertiary/aromatic N) is 1. The summed E-state index contributed by atoms with van der Waals surface area (Å²) in [5, 5.41) is 13.7. The third-order valence-electron chi connectivity index (χ3n) is 2.28. The average Bonchev–Trinajstić information content (AvgIpc) is 2.34. The van der Waals surface area contributed by atoms with E-state index in [0.29, 0.717) is 12.8 Å². The van der Waals surface area contributed by atoms with Crippen molar-refractivity contribution >= 4 is 10.0 Å². The van der Waals surface area contributed by atoms with E-state index in [1.165, 1.54) is 0 Å². The van der Waals surface area contributed by atoms with Crippen molar-refractivity contribution in [3.8, 4) is 6.07 Å². The lowest BCUT2D eigenvalue weighted by atomic mass is 9.91. The van der Waals surface area contributed by atoms with Gasteiger partial charge in [-0.3, -0.25) is 0 Å². The molecule has 1 saturated carbocycles. The normalized spacial score (nSPS) is 22.0. The second kappa shape index (κ2) is 3.04. The van der Waals surface area contributed by atoms with E-state index in [1.807, 2.05) is 0 Å². The van der Waals surface area contributed by atoms with Gasteiger partial charge in [0.05, 0.1) is 17.2 Å². The van der Waals surface area contributed by atoms with Crippen LogP contribution in [0.15, 0.2) is 0 Å². The molecule has 0 atom stereocenters. The molecule has 1 aliphatic rings. The summed E-state index contributed by atoms with van der Waals surface area (Å²) in [5.41, 5.74) is -0.687. The van der Waals surface area contributed by atoms with E-state index in [9.17, 15) is 8.42 Å². The number of primary sulfonamides is 1. The zero-order valence-electron chi connectivity index (χ0n) is 6.78. The molecule has 0 aromatic heterocycles. The van der Waals surface area contributed by atoms with Crippen molar-refractivity contribution in [3.63, 3.8) is 0 Å². The fourth-order valence-electron chi connectivity index (χ4n) is 1.73. The maximum atomic E-state index is 10.8. The molecule has 1 aliphatic carbocycles. The topological polar surface area (TPSA) is 83.9 Å². The predicted molar refractivity (Wildman–Crippen MR) is 44.5 cm³/mol. The van der Waals surface area contributed by atoms with E-state index in [2.05, 4.69) is 6.07 Å². The summed E-state index contributed by atoms with van der Waals surface area (Å²) >= 11 is 0. The van der Waals surface area contributed by atoms with Gasteiger partial charge in [0.1, 0.15) is 0 Å². The van der Waals surface area contributed by atoms with Crippen molar-refractivity contribution < 1.29 is 8.42 Å². The van der Waals surface area contributed by atoms with Crippen LogP contribution in [0.5, 0.6) is 0 Å². The minimum atomic E-state index is -3.50. The van der Waals surface area contributed by atoms with E-state index in [-0.39, 0.29) is 5.75 Å². The summed E-state index contributed by atoms with van der Waals surface area (Å²) in [6.45, 7) is 0. The number of sulfonamides is 1. The standard InChI is InChI=1S/C7H12N2O2S/c8-5-7(3-1-2-4-7)6-12(9,10)11/h1-4,6H2,(H2,9,10,11). The van der Waals surface area contributed by atoms with Crippen LogP contribution >= 0.6 is 0 Å². The molecule has 0 unspecified atom stereocenters. The minimum Gasteiger partial charge on any atom is -0.229 e. The molecule has 0 saturated heterocycles. The fourth-order valence-corrected chi connectivity index (χ4v) is 2.85. The zero-order chi connectivity index (χ0) is 9.24. The molecule has 0 aliphatic heterocycles. The van der Waals surface area contributed by atoms with Crippen LogP contribution in [0.1, 0.15) is 25.7 Å². The number of nitriles is 1. The first-order valence-electron chi connectivity index (χ1n) is 3.89. The van der Waals surface area contributed by atoms with Gasteiger partial charge in [0.2, 0.25) is 10.0 Å². The molecule has 1 rings (SSSR count). The number of hydrogen-bond donors (Lipinski definition) is 1. The van der Waals surface area contributed by atoms with Crippen LogP contribution in [0.3, 0.4) is 0 Å². The van der Waals surface area contributed by atoms with E-state index in [4.69, 9.17) is 10.4 Å². The highest BCUT2D eigenvalue weighted by Crippen LogP contribution is 2.38. The van der Waals surface area contributed by atoms with Crippen LogP contribution in [0.25, 0.3) is 0 Å². The van der Waals surface area contributed by atoms with Crippen LogP contribution in [0.2, 0.25) is 0 Å². The Bertz CT molecular complexity index is 296. The number of nitrogens with two attached hydrogens (primary N) is 1. The van der Waals surface area contributed by atoms with Gasteiger partial charge >= 0.3 is 0 Å². The molecule has 0 spiro atoms. The maximum absolute atomic E-state index is 10.8. The first kappa shape index (κ1) is 9.49. The van der Waals surface area contributed by atoms with Gasteiger partial charge in [-0.15, -0.1) is 0 Å². The molecular weight excluding hydrogens is 176 g/mol. The molecule has 0 aromatic rings. The first-order chi connectivity index (χ1) is 5.47. The third kappa shape index (κ3) is 2.19. The maximum Gasteiger partial charge on any atom is 0.210 e. The lowest BCUT2D eigenvalue weighted by Gasteiger charge is -2.17. The van der Waals surface area contributed by atoms with Gasteiger partial charge in [0.15, 0.2) is 0 Å². The lowest BCUT2D eigenvalue weighted by Crippen LogP contribution is -2.30. The Balaban J connectivity index is 2.77. The van der Waals surface area contributed by atoms with Crippen LogP contribution in [0, 0.1) is 16.7 Å². The number of hydrogen-bond acceptors (Lipinski definition) is 3. The minimum absolute atomic E-state index is 0.184. The molecule has 68 valence electrons. The lowest BCUT2D eigenvalue weighted by molar-refractivity contribution is 0.455. The van der Waals surface area contributed by atoms with Crippen LogP contribution < -0.4 is 5.14 Å². The molecule has 2 N–H and O–H groups in total. The summed E-state index contributed by atoms with van der Waals surface area (Å²) < 4.78 is 21.6. The summed E-state index contributed by atoms with van der Waals surface area (Å²) in [5.74, 6) is -0.184. The molecule has 0 amide bonds. The summed E-state index contributed by atoms with van der Waals surface area (Å²) in [6.07, 6.45) is 3.20. The Morgan fingerprint density at radius 1 is 1.42 bits per heavy atom. The highest BCUT2D eigenvalue weighted by atomic mass is 32.2. The van der Waals surface area contributed by atoms with Crippen LogP contribution in [0.4, 0.5) is 0 Å². The Morgan fingerprint density at radius 3 is 2.25 bits per heavy atom. The van der Waals surface area contributed by atoms with Gasteiger partial charge in [-0.25, -0.2) is 13.6 Å². The first-order valence-corrected chi connectivity index (χ1v) is 5.61. The molecule has 12 heavy (non-hydrogen) atoms. The summed E-state index contributed by atoms with van der Waals surface area (Å²) in [7, 11) is -3.50.